The van der Waals surface area contributed by atoms with Gasteiger partial charge >= 0.3 is 0 Å². The average molecular weight is 263 g/mol. The minimum atomic E-state index is -0.188. The van der Waals surface area contributed by atoms with E-state index in [2.05, 4.69) is 16.9 Å². The smallest absolute Gasteiger partial charge is 0.258 e. The molecule has 0 aromatic carbocycles. The third-order valence-electron chi connectivity index (χ3n) is 2.39. The van der Waals surface area contributed by atoms with E-state index in [4.69, 9.17) is 10.5 Å². The van der Waals surface area contributed by atoms with Crippen molar-refractivity contribution in [3.63, 3.8) is 0 Å². The van der Waals surface area contributed by atoms with Gasteiger partial charge in [0, 0.05) is 24.7 Å². The van der Waals surface area contributed by atoms with Gasteiger partial charge in [0.1, 0.15) is 5.75 Å². The molecule has 1 atom stereocenters. The van der Waals surface area contributed by atoms with Gasteiger partial charge < -0.3 is 15.8 Å². The second-order valence-electron chi connectivity index (χ2n) is 4.46. The normalized spacial score (nSPS) is 11.7. The minimum Gasteiger partial charge on any atom is -0.482 e. The maximum Gasteiger partial charge on any atom is 0.258 e. The van der Waals surface area contributed by atoms with Crippen LogP contribution in [0.4, 0.5) is 0 Å². The summed E-state index contributed by atoms with van der Waals surface area (Å²) in [6.45, 7) is 7.74. The van der Waals surface area contributed by atoms with Crippen LogP contribution in [0.15, 0.2) is 24.8 Å². The molecule has 0 aliphatic carbocycles. The molecular weight excluding hydrogens is 242 g/mol. The summed E-state index contributed by atoms with van der Waals surface area (Å²) in [6.07, 6.45) is 2.23. The standard InChI is InChI=1S/C14H21N3O2/c1-4-7-16-14(18)9-19-13-6-5-11(3)17-12(13)8-10(2)15/h4-6,10H,1,7-9,15H2,2-3H3,(H,16,18). The molecule has 1 rings (SSSR count). The first kappa shape index (κ1) is 15.2. The fraction of sp³-hybridized carbons (Fsp3) is 0.429. The van der Waals surface area contributed by atoms with Crippen LogP contribution in [0.25, 0.3) is 0 Å². The summed E-state index contributed by atoms with van der Waals surface area (Å²) in [6, 6.07) is 3.66. The Morgan fingerprint density at radius 2 is 2.37 bits per heavy atom. The highest BCUT2D eigenvalue weighted by atomic mass is 16.5. The van der Waals surface area contributed by atoms with Crippen LogP contribution in [-0.4, -0.2) is 30.1 Å². The van der Waals surface area contributed by atoms with E-state index in [9.17, 15) is 4.79 Å². The van der Waals surface area contributed by atoms with Gasteiger partial charge in [-0.1, -0.05) is 6.08 Å². The molecule has 0 fully saturated rings. The van der Waals surface area contributed by atoms with Gasteiger partial charge in [0.15, 0.2) is 6.61 Å². The van der Waals surface area contributed by atoms with Gasteiger partial charge in [0.05, 0.1) is 5.69 Å². The predicted octanol–water partition coefficient (Wildman–Crippen LogP) is 0.961. The molecule has 1 unspecified atom stereocenters. The SMILES string of the molecule is C=CCNC(=O)COc1ccc(C)nc1CC(C)N. The van der Waals surface area contributed by atoms with Crippen LogP contribution in [-0.2, 0) is 11.2 Å². The molecule has 1 heterocycles. The van der Waals surface area contributed by atoms with Crippen molar-refractivity contribution in [2.75, 3.05) is 13.2 Å². The molecule has 0 saturated heterocycles. The number of ether oxygens (including phenoxy) is 1. The lowest BCUT2D eigenvalue weighted by Gasteiger charge is -2.12. The van der Waals surface area contributed by atoms with Crippen LogP contribution < -0.4 is 15.8 Å². The number of nitrogens with two attached hydrogens (primary N) is 1. The highest BCUT2D eigenvalue weighted by Crippen LogP contribution is 2.18. The average Bonchev–Trinajstić information content (AvgIpc) is 2.34. The zero-order valence-corrected chi connectivity index (χ0v) is 11.5. The number of nitrogens with zero attached hydrogens (tertiary/aromatic N) is 1. The monoisotopic (exact) mass is 263 g/mol. The van der Waals surface area contributed by atoms with Crippen molar-refractivity contribution < 1.29 is 9.53 Å². The largest absolute Gasteiger partial charge is 0.482 e. The van der Waals surface area contributed by atoms with E-state index < -0.39 is 0 Å². The summed E-state index contributed by atoms with van der Waals surface area (Å²) in [4.78, 5) is 15.8. The summed E-state index contributed by atoms with van der Waals surface area (Å²) < 4.78 is 5.49. The van der Waals surface area contributed by atoms with E-state index in [0.717, 1.165) is 11.4 Å². The molecule has 19 heavy (non-hydrogen) atoms. The Kier molecular flexibility index (Phi) is 6.02. The molecule has 0 spiro atoms. The molecule has 1 amide bonds. The van der Waals surface area contributed by atoms with Crippen LogP contribution in [0.2, 0.25) is 0 Å². The van der Waals surface area contributed by atoms with Crippen molar-refractivity contribution in [2.24, 2.45) is 5.73 Å². The van der Waals surface area contributed by atoms with Gasteiger partial charge in [-0.25, -0.2) is 0 Å². The molecule has 0 aliphatic rings. The predicted molar refractivity (Wildman–Crippen MR) is 75.0 cm³/mol. The second-order valence-corrected chi connectivity index (χ2v) is 4.46. The van der Waals surface area contributed by atoms with Crippen LogP contribution in [0, 0.1) is 6.92 Å². The fourth-order valence-corrected chi connectivity index (χ4v) is 1.56. The van der Waals surface area contributed by atoms with Gasteiger partial charge in [0.2, 0.25) is 0 Å². The molecule has 1 aromatic heterocycles. The van der Waals surface area contributed by atoms with E-state index in [1.807, 2.05) is 26.0 Å². The second kappa shape index (κ2) is 7.53. The molecule has 0 saturated carbocycles. The number of hydrogen-bond donors (Lipinski definition) is 2. The maximum atomic E-state index is 11.4. The number of rotatable bonds is 7. The zero-order chi connectivity index (χ0) is 14.3. The first-order valence-corrected chi connectivity index (χ1v) is 6.25. The number of carbonyl (C=O) groups excluding carboxylic acids is 1. The Hall–Kier alpha value is -1.88. The highest BCUT2D eigenvalue weighted by molar-refractivity contribution is 5.77. The highest BCUT2D eigenvalue weighted by Gasteiger charge is 2.10. The van der Waals surface area contributed by atoms with Crippen LogP contribution in [0.5, 0.6) is 5.75 Å². The van der Waals surface area contributed by atoms with Gasteiger partial charge in [-0.05, 0) is 26.0 Å². The van der Waals surface area contributed by atoms with E-state index in [-0.39, 0.29) is 18.6 Å². The zero-order valence-electron chi connectivity index (χ0n) is 11.5. The molecule has 0 bridgehead atoms. The number of hydrogen-bond acceptors (Lipinski definition) is 4. The summed E-state index contributed by atoms with van der Waals surface area (Å²) in [7, 11) is 0. The van der Waals surface area contributed by atoms with E-state index in [1.54, 1.807) is 6.08 Å². The molecular formula is C14H21N3O2. The first-order valence-electron chi connectivity index (χ1n) is 6.25. The quantitative estimate of drug-likeness (QED) is 0.718. The third kappa shape index (κ3) is 5.52. The van der Waals surface area contributed by atoms with Crippen molar-refractivity contribution in [2.45, 2.75) is 26.3 Å². The molecule has 5 nitrogen and oxygen atoms in total. The van der Waals surface area contributed by atoms with Crippen LogP contribution in [0.1, 0.15) is 18.3 Å². The molecule has 0 radical (unpaired) electrons. The number of amides is 1. The Morgan fingerprint density at radius 1 is 1.63 bits per heavy atom. The number of aryl methyl sites for hydroxylation is 1. The lowest BCUT2D eigenvalue weighted by atomic mass is 10.1. The molecule has 5 heteroatoms. The summed E-state index contributed by atoms with van der Waals surface area (Å²) >= 11 is 0. The minimum absolute atomic E-state index is 0.00811. The number of pyridine rings is 1. The van der Waals surface area contributed by atoms with Crippen molar-refractivity contribution in [3.05, 3.63) is 36.2 Å². The van der Waals surface area contributed by atoms with Gasteiger partial charge in [-0.3, -0.25) is 9.78 Å². The Morgan fingerprint density at radius 3 is 3.00 bits per heavy atom. The summed E-state index contributed by atoms with van der Waals surface area (Å²) in [5.41, 5.74) is 7.46. The lowest BCUT2D eigenvalue weighted by molar-refractivity contribution is -0.122. The van der Waals surface area contributed by atoms with Crippen molar-refractivity contribution >= 4 is 5.91 Å². The fourth-order valence-electron chi connectivity index (χ4n) is 1.56. The molecule has 1 aromatic rings. The van der Waals surface area contributed by atoms with Crippen molar-refractivity contribution in [3.8, 4) is 5.75 Å². The van der Waals surface area contributed by atoms with Crippen LogP contribution >= 0.6 is 0 Å². The number of carbonyl (C=O) groups is 1. The van der Waals surface area contributed by atoms with Gasteiger partial charge in [-0.2, -0.15) is 0 Å². The Balaban J connectivity index is 2.66. The lowest BCUT2D eigenvalue weighted by Crippen LogP contribution is -2.29. The molecule has 3 N–H and O–H groups in total. The van der Waals surface area contributed by atoms with Crippen LogP contribution in [0.3, 0.4) is 0 Å². The first-order chi connectivity index (χ1) is 9.02. The number of aromatic nitrogens is 1. The van der Waals surface area contributed by atoms with Gasteiger partial charge in [-0.15, -0.1) is 6.58 Å². The summed E-state index contributed by atoms with van der Waals surface area (Å²) in [5.74, 6) is 0.420. The van der Waals surface area contributed by atoms with E-state index in [0.29, 0.717) is 18.7 Å². The topological polar surface area (TPSA) is 77.2 Å². The Bertz CT molecular complexity index is 444. The Labute approximate surface area is 113 Å². The summed E-state index contributed by atoms with van der Waals surface area (Å²) in [5, 5.41) is 2.65. The van der Waals surface area contributed by atoms with E-state index in [1.165, 1.54) is 0 Å². The maximum absolute atomic E-state index is 11.4. The van der Waals surface area contributed by atoms with Crippen molar-refractivity contribution in [1.29, 1.82) is 0 Å². The third-order valence-corrected chi connectivity index (χ3v) is 2.39. The van der Waals surface area contributed by atoms with Crippen molar-refractivity contribution in [1.82, 2.24) is 10.3 Å². The molecule has 104 valence electrons. The molecule has 0 aliphatic heterocycles. The van der Waals surface area contributed by atoms with E-state index >= 15 is 0 Å². The van der Waals surface area contributed by atoms with Gasteiger partial charge in [0.25, 0.3) is 5.91 Å². The number of nitrogens with one attached hydrogen (secondary N) is 1.